The summed E-state index contributed by atoms with van der Waals surface area (Å²) < 4.78 is 13.5. The number of fused-ring (bicyclic) bond motifs is 2. The van der Waals surface area contributed by atoms with Crippen LogP contribution in [0.2, 0.25) is 0 Å². The van der Waals surface area contributed by atoms with Crippen LogP contribution in [0.3, 0.4) is 0 Å². The molecule has 3 heterocycles. The first-order valence-corrected chi connectivity index (χ1v) is 10.1. The number of hydrogen-bond donors (Lipinski definition) is 1. The van der Waals surface area contributed by atoms with Crippen LogP contribution in [0.1, 0.15) is 6.92 Å². The molecular formula is C17H16N4O4S2. The van der Waals surface area contributed by atoms with Crippen molar-refractivity contribution in [1.82, 2.24) is 14.5 Å². The smallest absolute Gasteiger partial charge is 0.273 e. The van der Waals surface area contributed by atoms with Crippen molar-refractivity contribution in [2.75, 3.05) is 24.3 Å². The van der Waals surface area contributed by atoms with Crippen molar-refractivity contribution in [1.29, 1.82) is 0 Å². The Labute approximate surface area is 162 Å². The molecule has 1 N–H and O–H groups in total. The van der Waals surface area contributed by atoms with Crippen molar-refractivity contribution in [3.05, 3.63) is 34.9 Å². The van der Waals surface area contributed by atoms with Crippen molar-refractivity contribution >= 4 is 45.0 Å². The zero-order valence-electron chi connectivity index (χ0n) is 14.4. The molecule has 1 aliphatic rings. The third-order valence-corrected chi connectivity index (χ3v) is 5.83. The Balaban J connectivity index is 1.51. The van der Waals surface area contributed by atoms with Crippen LogP contribution in [0.15, 0.2) is 33.7 Å². The number of thiazole rings is 1. The van der Waals surface area contributed by atoms with Crippen molar-refractivity contribution < 1.29 is 14.3 Å². The minimum Gasteiger partial charge on any atom is -0.486 e. The Morgan fingerprint density at radius 2 is 2.15 bits per heavy atom. The second-order valence-corrected chi connectivity index (χ2v) is 8.16. The van der Waals surface area contributed by atoms with Crippen LogP contribution in [0.5, 0.6) is 11.5 Å². The Morgan fingerprint density at radius 3 is 2.96 bits per heavy atom. The molecule has 0 saturated carbocycles. The average molecular weight is 404 g/mol. The van der Waals surface area contributed by atoms with Crippen LogP contribution < -0.4 is 20.3 Å². The maximum atomic E-state index is 12.6. The summed E-state index contributed by atoms with van der Waals surface area (Å²) in [4.78, 5) is 33.5. The summed E-state index contributed by atoms with van der Waals surface area (Å²) in [7, 11) is 0. The number of ether oxygens (including phenoxy) is 2. The zero-order chi connectivity index (χ0) is 18.8. The van der Waals surface area contributed by atoms with Gasteiger partial charge in [0.25, 0.3) is 5.56 Å². The van der Waals surface area contributed by atoms with E-state index in [-0.39, 0.29) is 18.0 Å². The predicted octanol–water partition coefficient (Wildman–Crippen LogP) is 2.37. The lowest BCUT2D eigenvalue weighted by Gasteiger charge is -2.19. The molecule has 10 heteroatoms. The minimum atomic E-state index is -0.331. The van der Waals surface area contributed by atoms with Gasteiger partial charge in [0.1, 0.15) is 30.8 Å². The molecule has 1 amide bonds. The molecule has 2 aromatic heterocycles. The fraction of sp³-hybridized carbons (Fsp3) is 0.294. The van der Waals surface area contributed by atoms with Gasteiger partial charge in [0.05, 0.1) is 0 Å². The van der Waals surface area contributed by atoms with Gasteiger partial charge in [0.15, 0.2) is 21.5 Å². The molecule has 0 aliphatic carbocycles. The van der Waals surface area contributed by atoms with Gasteiger partial charge in [0.2, 0.25) is 5.91 Å². The summed E-state index contributed by atoms with van der Waals surface area (Å²) in [6.45, 7) is 2.86. The maximum absolute atomic E-state index is 12.6. The summed E-state index contributed by atoms with van der Waals surface area (Å²) in [6, 6.07) is 5.18. The van der Waals surface area contributed by atoms with Crippen molar-refractivity contribution in [3.63, 3.8) is 0 Å². The largest absolute Gasteiger partial charge is 0.486 e. The molecule has 3 aromatic rings. The normalized spacial score (nSPS) is 12.9. The summed E-state index contributed by atoms with van der Waals surface area (Å²) in [5.74, 6) is 1.77. The SMILES string of the molecule is CCSc1nc2ncn(CC(=O)Nc3ccc4c(c3)OCCO4)c(=O)c2s1. The molecule has 1 aromatic carbocycles. The molecule has 0 spiro atoms. The first-order chi connectivity index (χ1) is 13.1. The molecule has 27 heavy (non-hydrogen) atoms. The zero-order valence-corrected chi connectivity index (χ0v) is 16.1. The Kier molecular flexibility index (Phi) is 4.99. The van der Waals surface area contributed by atoms with Crippen LogP contribution in [0.4, 0.5) is 5.69 Å². The lowest BCUT2D eigenvalue weighted by molar-refractivity contribution is -0.116. The molecule has 1 aliphatic heterocycles. The highest BCUT2D eigenvalue weighted by molar-refractivity contribution is 8.01. The van der Waals surface area contributed by atoms with Crippen molar-refractivity contribution in [2.24, 2.45) is 0 Å². The molecule has 0 saturated heterocycles. The number of carbonyl (C=O) groups is 1. The highest BCUT2D eigenvalue weighted by Crippen LogP contribution is 2.32. The first kappa shape index (κ1) is 17.8. The van der Waals surface area contributed by atoms with E-state index in [4.69, 9.17) is 9.47 Å². The van der Waals surface area contributed by atoms with Gasteiger partial charge in [-0.2, -0.15) is 0 Å². The van der Waals surface area contributed by atoms with Crippen molar-refractivity contribution in [2.45, 2.75) is 17.8 Å². The quantitative estimate of drug-likeness (QED) is 0.652. The molecule has 4 rings (SSSR count). The summed E-state index contributed by atoms with van der Waals surface area (Å²) in [6.07, 6.45) is 1.36. The summed E-state index contributed by atoms with van der Waals surface area (Å²) in [5, 5.41) is 2.76. The molecule has 0 bridgehead atoms. The highest BCUT2D eigenvalue weighted by Gasteiger charge is 2.15. The van der Waals surface area contributed by atoms with E-state index in [2.05, 4.69) is 15.3 Å². The number of amides is 1. The second-order valence-electron chi connectivity index (χ2n) is 5.65. The fourth-order valence-corrected chi connectivity index (χ4v) is 4.54. The van der Waals surface area contributed by atoms with Crippen molar-refractivity contribution in [3.8, 4) is 11.5 Å². The number of rotatable bonds is 5. The van der Waals surface area contributed by atoms with Crippen LogP contribution >= 0.6 is 23.1 Å². The molecule has 0 atom stereocenters. The van der Waals surface area contributed by atoms with Gasteiger partial charge in [0, 0.05) is 11.8 Å². The number of carbonyl (C=O) groups excluding carboxylic acids is 1. The lowest BCUT2D eigenvalue weighted by atomic mass is 10.2. The van der Waals surface area contributed by atoms with E-state index in [1.807, 2.05) is 6.92 Å². The van der Waals surface area contributed by atoms with Gasteiger partial charge in [-0.15, -0.1) is 11.3 Å². The third kappa shape index (κ3) is 3.76. The highest BCUT2D eigenvalue weighted by atomic mass is 32.2. The van der Waals surface area contributed by atoms with Gasteiger partial charge in [-0.25, -0.2) is 9.97 Å². The summed E-state index contributed by atoms with van der Waals surface area (Å²) in [5.41, 5.74) is 0.730. The van der Waals surface area contributed by atoms with E-state index in [0.717, 1.165) is 10.1 Å². The molecule has 0 unspecified atom stereocenters. The fourth-order valence-electron chi connectivity index (χ4n) is 2.60. The minimum absolute atomic E-state index is 0.135. The second kappa shape index (κ2) is 7.57. The van der Waals surface area contributed by atoms with Gasteiger partial charge in [-0.3, -0.25) is 14.2 Å². The van der Waals surface area contributed by atoms with E-state index in [9.17, 15) is 9.59 Å². The van der Waals surface area contributed by atoms with Gasteiger partial charge in [-0.05, 0) is 17.9 Å². The topological polar surface area (TPSA) is 95.3 Å². The van der Waals surface area contributed by atoms with E-state index in [0.29, 0.717) is 40.7 Å². The predicted molar refractivity (Wildman–Crippen MR) is 104 cm³/mol. The third-order valence-electron chi connectivity index (χ3n) is 3.77. The molecule has 0 fully saturated rings. The molecule has 0 radical (unpaired) electrons. The average Bonchev–Trinajstić information content (AvgIpc) is 3.08. The monoisotopic (exact) mass is 404 g/mol. The Bertz CT molecular complexity index is 1060. The Morgan fingerprint density at radius 1 is 1.33 bits per heavy atom. The van der Waals surface area contributed by atoms with E-state index in [1.165, 1.54) is 22.2 Å². The maximum Gasteiger partial charge on any atom is 0.273 e. The van der Waals surface area contributed by atoms with Crippen LogP contribution in [0, 0.1) is 0 Å². The number of nitrogens with one attached hydrogen (secondary N) is 1. The number of hydrogen-bond acceptors (Lipinski definition) is 8. The molecule has 140 valence electrons. The van der Waals surface area contributed by atoms with Gasteiger partial charge in [-0.1, -0.05) is 18.7 Å². The number of aromatic nitrogens is 3. The van der Waals surface area contributed by atoms with E-state index in [1.54, 1.807) is 30.0 Å². The number of nitrogens with zero attached hydrogens (tertiary/aromatic N) is 3. The first-order valence-electron chi connectivity index (χ1n) is 8.32. The molecular weight excluding hydrogens is 388 g/mol. The van der Waals surface area contributed by atoms with Crippen LogP contribution in [-0.2, 0) is 11.3 Å². The number of thioether (sulfide) groups is 1. The van der Waals surface area contributed by atoms with Gasteiger partial charge >= 0.3 is 0 Å². The van der Waals surface area contributed by atoms with E-state index >= 15 is 0 Å². The standard InChI is InChI=1S/C17H16N4O4S2/c1-2-26-17-20-15-14(27-17)16(23)21(9-18-15)8-13(22)19-10-3-4-11-12(7-10)25-6-5-24-11/h3-4,7,9H,2,5-6,8H2,1H3,(H,19,22). The van der Waals surface area contributed by atoms with E-state index < -0.39 is 0 Å². The Hall–Kier alpha value is -2.59. The molecule has 8 nitrogen and oxygen atoms in total. The number of benzene rings is 1. The van der Waals surface area contributed by atoms with Crippen LogP contribution in [0.25, 0.3) is 10.3 Å². The lowest BCUT2D eigenvalue weighted by Crippen LogP contribution is -2.27. The number of anilines is 1. The van der Waals surface area contributed by atoms with Gasteiger partial charge < -0.3 is 14.8 Å². The van der Waals surface area contributed by atoms with Crippen LogP contribution in [-0.4, -0.2) is 39.4 Å². The summed E-state index contributed by atoms with van der Waals surface area (Å²) >= 11 is 2.86.